The van der Waals surface area contributed by atoms with E-state index in [1.165, 1.54) is 19.2 Å². The zero-order valence-corrected chi connectivity index (χ0v) is 18.8. The number of nitrogens with zero attached hydrogens (tertiary/aromatic N) is 2. The highest BCUT2D eigenvalue weighted by Gasteiger charge is 2.47. The number of rotatable bonds is 8. The molecule has 1 aromatic carbocycles. The zero-order valence-electron chi connectivity index (χ0n) is 18.8. The molecule has 2 aliphatic rings. The van der Waals surface area contributed by atoms with Gasteiger partial charge in [0.1, 0.15) is 23.4 Å². The SMILES string of the molecule is COc1cc(O)c(C=O)c(OCC(=O)Nc2cc([C@H]3CC[C@@H](OC(=O)N4CC(F)(F)C4)C3)[nH]n2)c1. The third-order valence-electron chi connectivity index (χ3n) is 5.87. The van der Waals surface area contributed by atoms with Gasteiger partial charge in [-0.15, -0.1) is 0 Å². The molecule has 1 saturated heterocycles. The number of halogens is 2. The Morgan fingerprint density at radius 2 is 2.09 bits per heavy atom. The summed E-state index contributed by atoms with van der Waals surface area (Å²) < 4.78 is 41.6. The number of likely N-dealkylation sites (tertiary alicyclic amines) is 1. The summed E-state index contributed by atoms with van der Waals surface area (Å²) >= 11 is 0. The van der Waals surface area contributed by atoms with E-state index in [0.29, 0.717) is 25.5 Å². The van der Waals surface area contributed by atoms with E-state index < -0.39 is 37.6 Å². The number of carbonyl (C=O) groups excluding carboxylic acids is 3. The van der Waals surface area contributed by atoms with Crippen molar-refractivity contribution in [2.45, 2.75) is 37.2 Å². The number of aromatic amines is 1. The summed E-state index contributed by atoms with van der Waals surface area (Å²) in [5.41, 5.74) is 0.621. The van der Waals surface area contributed by atoms with E-state index in [0.717, 1.165) is 10.6 Å². The Hall–Kier alpha value is -3.90. The van der Waals surface area contributed by atoms with Gasteiger partial charge in [-0.25, -0.2) is 13.6 Å². The average Bonchev–Trinajstić information content (AvgIpc) is 3.45. The highest BCUT2D eigenvalue weighted by Crippen LogP contribution is 2.37. The predicted octanol–water partition coefficient (Wildman–Crippen LogP) is 2.68. The molecule has 2 amide bonds. The fraction of sp³-hybridized carbons (Fsp3) is 0.455. The van der Waals surface area contributed by atoms with E-state index in [4.69, 9.17) is 14.2 Å². The summed E-state index contributed by atoms with van der Waals surface area (Å²) in [6.07, 6.45) is 1.07. The van der Waals surface area contributed by atoms with Gasteiger partial charge >= 0.3 is 6.09 Å². The molecule has 2 aromatic rings. The summed E-state index contributed by atoms with van der Waals surface area (Å²) in [5, 5.41) is 19.3. The third kappa shape index (κ3) is 5.61. The minimum absolute atomic E-state index is 0.00468. The molecule has 4 rings (SSSR count). The van der Waals surface area contributed by atoms with E-state index >= 15 is 0 Å². The van der Waals surface area contributed by atoms with E-state index in [2.05, 4.69) is 15.5 Å². The number of methoxy groups -OCH3 is 1. The number of hydrogen-bond acceptors (Lipinski definition) is 8. The number of aromatic nitrogens is 2. The number of phenols is 1. The first-order valence-corrected chi connectivity index (χ1v) is 10.8. The molecule has 0 radical (unpaired) electrons. The number of nitrogens with one attached hydrogen (secondary N) is 2. The highest BCUT2D eigenvalue weighted by molar-refractivity contribution is 5.91. The molecular formula is C22H24F2N4O7. The van der Waals surface area contributed by atoms with Crippen LogP contribution in [0, 0.1) is 0 Å². The second-order valence-corrected chi connectivity index (χ2v) is 8.45. The standard InChI is InChI=1S/C22H24F2N4O7/c1-33-14-5-17(30)15(8-29)18(6-14)34-9-20(31)25-19-7-16(26-27-19)12-2-3-13(4-12)35-21(32)28-10-22(23,24)11-28/h5-8,12-13,30H,2-4,9-11H2,1H3,(H2,25,26,27,31)/t12-,13+/m0/s1. The Morgan fingerprint density at radius 3 is 2.77 bits per heavy atom. The molecule has 13 heteroatoms. The first-order chi connectivity index (χ1) is 16.7. The molecule has 1 aromatic heterocycles. The predicted molar refractivity (Wildman–Crippen MR) is 116 cm³/mol. The highest BCUT2D eigenvalue weighted by atomic mass is 19.3. The van der Waals surface area contributed by atoms with Gasteiger partial charge in [-0.1, -0.05) is 0 Å². The maximum Gasteiger partial charge on any atom is 0.410 e. The molecular weight excluding hydrogens is 470 g/mol. The fourth-order valence-corrected chi connectivity index (χ4v) is 4.06. The number of anilines is 1. The Labute approximate surface area is 198 Å². The molecule has 0 unspecified atom stereocenters. The summed E-state index contributed by atoms with van der Waals surface area (Å²) in [4.78, 5) is 36.4. The van der Waals surface area contributed by atoms with Gasteiger partial charge in [0.25, 0.3) is 11.8 Å². The van der Waals surface area contributed by atoms with Crippen LogP contribution in [0.15, 0.2) is 18.2 Å². The molecule has 3 N–H and O–H groups in total. The number of hydrogen-bond donors (Lipinski definition) is 3. The van der Waals surface area contributed by atoms with Crippen molar-refractivity contribution in [3.8, 4) is 17.2 Å². The van der Waals surface area contributed by atoms with Gasteiger partial charge in [0, 0.05) is 29.8 Å². The lowest BCUT2D eigenvalue weighted by molar-refractivity contribution is -0.122. The number of aldehydes is 1. The van der Waals surface area contributed by atoms with Crippen LogP contribution in [-0.2, 0) is 9.53 Å². The Balaban J connectivity index is 1.26. The van der Waals surface area contributed by atoms with Crippen LogP contribution < -0.4 is 14.8 Å². The van der Waals surface area contributed by atoms with Crippen LogP contribution >= 0.6 is 0 Å². The number of carbonyl (C=O) groups is 3. The molecule has 11 nitrogen and oxygen atoms in total. The van der Waals surface area contributed by atoms with Crippen LogP contribution in [0.1, 0.15) is 41.2 Å². The summed E-state index contributed by atoms with van der Waals surface area (Å²) in [5.74, 6) is -3.24. The Bertz CT molecular complexity index is 1120. The molecule has 0 bridgehead atoms. The summed E-state index contributed by atoms with van der Waals surface area (Å²) in [6.45, 7) is -1.69. The number of H-pyrrole nitrogens is 1. The lowest BCUT2D eigenvalue weighted by Gasteiger charge is -2.38. The largest absolute Gasteiger partial charge is 0.507 e. The van der Waals surface area contributed by atoms with E-state index in [-0.39, 0.29) is 40.7 Å². The van der Waals surface area contributed by atoms with Gasteiger partial charge in [0.2, 0.25) is 0 Å². The van der Waals surface area contributed by atoms with Crippen molar-refractivity contribution in [2.75, 3.05) is 32.1 Å². The second kappa shape index (κ2) is 9.76. The first-order valence-electron chi connectivity index (χ1n) is 10.8. The van der Waals surface area contributed by atoms with Crippen molar-refractivity contribution in [3.05, 3.63) is 29.5 Å². The minimum atomic E-state index is -2.84. The molecule has 1 aliphatic heterocycles. The lowest BCUT2D eigenvalue weighted by atomic mass is 10.0. The van der Waals surface area contributed by atoms with Crippen LogP contribution in [0.5, 0.6) is 17.2 Å². The second-order valence-electron chi connectivity index (χ2n) is 8.45. The van der Waals surface area contributed by atoms with E-state index in [1.807, 2.05) is 0 Å². The Morgan fingerprint density at radius 1 is 1.31 bits per heavy atom. The van der Waals surface area contributed by atoms with Crippen LogP contribution in [0.4, 0.5) is 19.4 Å². The van der Waals surface area contributed by atoms with Crippen molar-refractivity contribution in [3.63, 3.8) is 0 Å². The number of alkyl halides is 2. The average molecular weight is 494 g/mol. The first kappa shape index (κ1) is 24.2. The lowest BCUT2D eigenvalue weighted by Crippen LogP contribution is -2.58. The number of amides is 2. The monoisotopic (exact) mass is 494 g/mol. The maximum atomic E-state index is 12.9. The number of ether oxygens (including phenoxy) is 3. The van der Waals surface area contributed by atoms with Crippen LogP contribution in [-0.4, -0.2) is 77.3 Å². The molecule has 2 atom stereocenters. The van der Waals surface area contributed by atoms with Gasteiger partial charge in [0.15, 0.2) is 18.7 Å². The number of aromatic hydroxyl groups is 1. The van der Waals surface area contributed by atoms with Crippen LogP contribution in [0.2, 0.25) is 0 Å². The maximum absolute atomic E-state index is 12.9. The van der Waals surface area contributed by atoms with E-state index in [1.54, 1.807) is 6.07 Å². The van der Waals surface area contributed by atoms with Gasteiger partial charge in [-0.05, 0) is 19.3 Å². The molecule has 2 fully saturated rings. The normalized spacial score (nSPS) is 20.6. The Kier molecular flexibility index (Phi) is 6.76. The van der Waals surface area contributed by atoms with Crippen molar-refractivity contribution in [1.29, 1.82) is 0 Å². The summed E-state index contributed by atoms with van der Waals surface area (Å²) in [7, 11) is 1.38. The number of phenolic OH excluding ortho intramolecular Hbond substituents is 1. The molecule has 1 saturated carbocycles. The molecule has 188 valence electrons. The number of benzene rings is 1. The fourth-order valence-electron chi connectivity index (χ4n) is 4.06. The quantitative estimate of drug-likeness (QED) is 0.476. The van der Waals surface area contributed by atoms with E-state index in [9.17, 15) is 28.3 Å². The van der Waals surface area contributed by atoms with Crippen LogP contribution in [0.25, 0.3) is 0 Å². The topological polar surface area (TPSA) is 143 Å². The van der Waals surface area contributed by atoms with Crippen molar-refractivity contribution in [2.24, 2.45) is 0 Å². The van der Waals surface area contributed by atoms with Gasteiger partial charge in [-0.3, -0.25) is 19.6 Å². The molecule has 2 heterocycles. The molecule has 35 heavy (non-hydrogen) atoms. The van der Waals surface area contributed by atoms with Gasteiger partial charge in [-0.2, -0.15) is 5.10 Å². The zero-order chi connectivity index (χ0) is 25.2. The van der Waals surface area contributed by atoms with Crippen LogP contribution in [0.3, 0.4) is 0 Å². The molecule has 0 spiro atoms. The summed E-state index contributed by atoms with van der Waals surface area (Å²) in [6, 6.07) is 4.27. The van der Waals surface area contributed by atoms with Crippen molar-refractivity contribution >= 4 is 24.1 Å². The third-order valence-corrected chi connectivity index (χ3v) is 5.87. The smallest absolute Gasteiger partial charge is 0.410 e. The minimum Gasteiger partial charge on any atom is -0.507 e. The van der Waals surface area contributed by atoms with Crippen molar-refractivity contribution in [1.82, 2.24) is 15.1 Å². The van der Waals surface area contributed by atoms with Gasteiger partial charge < -0.3 is 24.6 Å². The van der Waals surface area contributed by atoms with Crippen molar-refractivity contribution < 1.29 is 42.5 Å². The van der Waals surface area contributed by atoms with Gasteiger partial charge in [0.05, 0.1) is 25.8 Å². The molecule has 1 aliphatic carbocycles.